The van der Waals surface area contributed by atoms with Gasteiger partial charge in [-0.1, -0.05) is 18.2 Å². The van der Waals surface area contributed by atoms with E-state index in [0.29, 0.717) is 12.4 Å². The molecule has 0 saturated heterocycles. The molecular weight excluding hydrogens is 329 g/mol. The Bertz CT molecular complexity index is 861. The molecule has 0 aliphatic heterocycles. The lowest BCUT2D eigenvalue weighted by atomic mass is 10.0. The van der Waals surface area contributed by atoms with E-state index in [9.17, 15) is 13.2 Å². The normalized spacial score (nSPS) is 16.1. The molecule has 1 saturated carbocycles. The zero-order chi connectivity index (χ0) is 17.5. The average molecular weight is 346 g/mol. The molecule has 3 aromatic rings. The van der Waals surface area contributed by atoms with Crippen molar-refractivity contribution < 1.29 is 13.2 Å². The van der Waals surface area contributed by atoms with Crippen molar-refractivity contribution in [3.8, 4) is 11.4 Å². The lowest BCUT2D eigenvalue weighted by Crippen LogP contribution is -2.18. The van der Waals surface area contributed by atoms with E-state index in [-0.39, 0.29) is 11.0 Å². The first-order chi connectivity index (χ1) is 12.0. The molecule has 0 bridgehead atoms. The second-order valence-corrected chi connectivity index (χ2v) is 6.66. The third-order valence-corrected chi connectivity index (χ3v) is 4.73. The number of benzene rings is 1. The van der Waals surface area contributed by atoms with Gasteiger partial charge in [-0.3, -0.25) is 0 Å². The van der Waals surface area contributed by atoms with Gasteiger partial charge in [0.15, 0.2) is 0 Å². The fourth-order valence-electron chi connectivity index (χ4n) is 3.28. The van der Waals surface area contributed by atoms with Crippen LogP contribution < -0.4 is 0 Å². The maximum atomic E-state index is 13.3. The summed E-state index contributed by atoms with van der Waals surface area (Å²) in [5.41, 5.74) is -0.469. The summed E-state index contributed by atoms with van der Waals surface area (Å²) in [4.78, 5) is 8.27. The fraction of sp³-hybridized carbons (Fsp3) is 0.333. The molecule has 2 aromatic heterocycles. The predicted octanol–water partition coefficient (Wildman–Crippen LogP) is 4.25. The SMILES string of the molecule is FC(F)(F)c1ccccc1-c1nccn1CC1(Cn2ccnc2)CC1. The third-order valence-electron chi connectivity index (χ3n) is 4.73. The van der Waals surface area contributed by atoms with Crippen LogP contribution >= 0.6 is 0 Å². The molecule has 130 valence electrons. The minimum absolute atomic E-state index is 0.0589. The van der Waals surface area contributed by atoms with Crippen LogP contribution in [0.15, 0.2) is 55.4 Å². The highest BCUT2D eigenvalue weighted by Gasteiger charge is 2.44. The van der Waals surface area contributed by atoms with Gasteiger partial charge in [0.2, 0.25) is 0 Å². The van der Waals surface area contributed by atoms with E-state index >= 15 is 0 Å². The molecule has 4 rings (SSSR count). The fourth-order valence-corrected chi connectivity index (χ4v) is 3.28. The Morgan fingerprint density at radius 3 is 2.52 bits per heavy atom. The molecular formula is C18H17F3N4. The quantitative estimate of drug-likeness (QED) is 0.692. The second kappa shape index (κ2) is 5.75. The van der Waals surface area contributed by atoms with Crippen LogP contribution in [0.25, 0.3) is 11.4 Å². The van der Waals surface area contributed by atoms with Crippen molar-refractivity contribution in [2.75, 3.05) is 0 Å². The second-order valence-electron chi connectivity index (χ2n) is 6.66. The molecule has 0 spiro atoms. The summed E-state index contributed by atoms with van der Waals surface area (Å²) in [5, 5.41) is 0. The van der Waals surface area contributed by atoms with Crippen LogP contribution in [-0.2, 0) is 19.3 Å². The van der Waals surface area contributed by atoms with E-state index in [1.807, 2.05) is 15.3 Å². The lowest BCUT2D eigenvalue weighted by Gasteiger charge is -2.19. The van der Waals surface area contributed by atoms with Crippen LogP contribution in [0.3, 0.4) is 0 Å². The van der Waals surface area contributed by atoms with Crippen molar-refractivity contribution >= 4 is 0 Å². The minimum Gasteiger partial charge on any atom is -0.337 e. The molecule has 1 fully saturated rings. The van der Waals surface area contributed by atoms with E-state index in [2.05, 4.69) is 9.97 Å². The Morgan fingerprint density at radius 1 is 1.04 bits per heavy atom. The summed E-state index contributed by atoms with van der Waals surface area (Å²) >= 11 is 0. The number of hydrogen-bond donors (Lipinski definition) is 0. The van der Waals surface area contributed by atoms with Gasteiger partial charge in [-0.05, 0) is 18.9 Å². The molecule has 1 aliphatic rings. The van der Waals surface area contributed by atoms with Crippen LogP contribution in [0.4, 0.5) is 13.2 Å². The number of rotatable bonds is 5. The van der Waals surface area contributed by atoms with E-state index in [0.717, 1.165) is 25.5 Å². The van der Waals surface area contributed by atoms with Crippen LogP contribution in [0, 0.1) is 5.41 Å². The molecule has 1 aliphatic carbocycles. The summed E-state index contributed by atoms with van der Waals surface area (Å²) < 4.78 is 43.8. The van der Waals surface area contributed by atoms with Gasteiger partial charge in [-0.15, -0.1) is 0 Å². The molecule has 0 radical (unpaired) electrons. The molecule has 0 atom stereocenters. The van der Waals surface area contributed by atoms with Crippen LogP contribution in [0.2, 0.25) is 0 Å². The molecule has 2 heterocycles. The molecule has 25 heavy (non-hydrogen) atoms. The van der Waals surface area contributed by atoms with Gasteiger partial charge < -0.3 is 9.13 Å². The van der Waals surface area contributed by atoms with Crippen molar-refractivity contribution in [2.24, 2.45) is 5.41 Å². The number of aromatic nitrogens is 4. The van der Waals surface area contributed by atoms with E-state index in [1.54, 1.807) is 31.0 Å². The van der Waals surface area contributed by atoms with E-state index in [1.165, 1.54) is 12.1 Å². The largest absolute Gasteiger partial charge is 0.417 e. The third kappa shape index (κ3) is 3.18. The standard InChI is InChI=1S/C18H17F3N4/c19-18(20,21)15-4-2-1-3-14(15)16-23-8-10-25(16)12-17(5-6-17)11-24-9-7-22-13-24/h1-4,7-10,13H,5-6,11-12H2. The summed E-state index contributed by atoms with van der Waals surface area (Å²) in [6, 6.07) is 5.60. The first-order valence-corrected chi connectivity index (χ1v) is 8.10. The molecule has 0 N–H and O–H groups in total. The Hall–Kier alpha value is -2.57. The Kier molecular flexibility index (Phi) is 3.67. The number of nitrogens with zero attached hydrogens (tertiary/aromatic N) is 4. The minimum atomic E-state index is -4.40. The summed E-state index contributed by atoms with van der Waals surface area (Å²) in [7, 11) is 0. The average Bonchev–Trinajstić information content (AvgIpc) is 2.97. The van der Waals surface area contributed by atoms with Crippen LogP contribution in [-0.4, -0.2) is 19.1 Å². The zero-order valence-corrected chi connectivity index (χ0v) is 13.4. The summed E-state index contributed by atoms with van der Waals surface area (Å²) in [6.45, 7) is 1.46. The molecule has 0 amide bonds. The van der Waals surface area contributed by atoms with Gasteiger partial charge >= 0.3 is 6.18 Å². The van der Waals surface area contributed by atoms with Gasteiger partial charge in [-0.25, -0.2) is 9.97 Å². The number of halogens is 3. The molecule has 1 aromatic carbocycles. The van der Waals surface area contributed by atoms with E-state index in [4.69, 9.17) is 0 Å². The van der Waals surface area contributed by atoms with Crippen molar-refractivity contribution in [1.82, 2.24) is 19.1 Å². The van der Waals surface area contributed by atoms with Gasteiger partial charge in [0, 0.05) is 48.9 Å². The topological polar surface area (TPSA) is 35.6 Å². The van der Waals surface area contributed by atoms with Gasteiger partial charge in [0.05, 0.1) is 11.9 Å². The maximum absolute atomic E-state index is 13.3. The van der Waals surface area contributed by atoms with Crippen LogP contribution in [0.1, 0.15) is 18.4 Å². The zero-order valence-electron chi connectivity index (χ0n) is 13.4. The summed E-state index contributed by atoms with van der Waals surface area (Å²) in [5.74, 6) is 0.366. The lowest BCUT2D eigenvalue weighted by molar-refractivity contribution is -0.137. The number of imidazole rings is 2. The highest BCUT2D eigenvalue weighted by molar-refractivity contribution is 5.61. The van der Waals surface area contributed by atoms with Crippen molar-refractivity contribution in [3.05, 3.63) is 60.9 Å². The Morgan fingerprint density at radius 2 is 1.84 bits per heavy atom. The summed E-state index contributed by atoms with van der Waals surface area (Å²) in [6.07, 6.45) is 6.43. The van der Waals surface area contributed by atoms with Crippen molar-refractivity contribution in [2.45, 2.75) is 32.1 Å². The first-order valence-electron chi connectivity index (χ1n) is 8.10. The van der Waals surface area contributed by atoms with Crippen molar-refractivity contribution in [3.63, 3.8) is 0 Å². The highest BCUT2D eigenvalue weighted by Crippen LogP contribution is 2.49. The molecule has 4 nitrogen and oxygen atoms in total. The smallest absolute Gasteiger partial charge is 0.337 e. The first kappa shape index (κ1) is 15.9. The van der Waals surface area contributed by atoms with Gasteiger partial charge in [0.1, 0.15) is 5.82 Å². The maximum Gasteiger partial charge on any atom is 0.417 e. The van der Waals surface area contributed by atoms with Gasteiger partial charge in [0.25, 0.3) is 0 Å². The molecule has 7 heteroatoms. The molecule has 0 unspecified atom stereocenters. The predicted molar refractivity (Wildman–Crippen MR) is 86.6 cm³/mol. The van der Waals surface area contributed by atoms with Crippen LogP contribution in [0.5, 0.6) is 0 Å². The Balaban J connectivity index is 1.64. The Labute approximate surface area is 143 Å². The number of alkyl halides is 3. The van der Waals surface area contributed by atoms with Gasteiger partial charge in [-0.2, -0.15) is 13.2 Å². The number of hydrogen-bond acceptors (Lipinski definition) is 2. The van der Waals surface area contributed by atoms with Crippen molar-refractivity contribution in [1.29, 1.82) is 0 Å². The monoisotopic (exact) mass is 346 g/mol. The van der Waals surface area contributed by atoms with E-state index < -0.39 is 11.7 Å². The highest BCUT2D eigenvalue weighted by atomic mass is 19.4.